The maximum absolute atomic E-state index is 11.8. The number of benzene rings is 1. The maximum Gasteiger partial charge on any atom is 0.253 e. The van der Waals surface area contributed by atoms with Crippen LogP contribution in [0.25, 0.3) is 0 Å². The highest BCUT2D eigenvalue weighted by Crippen LogP contribution is 2.15. The van der Waals surface area contributed by atoms with E-state index in [0.717, 1.165) is 0 Å². The fraction of sp³-hybridized carbons (Fsp3) is 0.364. The Morgan fingerprint density at radius 2 is 2.12 bits per heavy atom. The number of nitrogen functional groups attached to an aromatic ring is 2. The van der Waals surface area contributed by atoms with Crippen molar-refractivity contribution in [2.24, 2.45) is 0 Å². The van der Waals surface area contributed by atoms with Gasteiger partial charge in [0.15, 0.2) is 0 Å². The van der Waals surface area contributed by atoms with Gasteiger partial charge in [-0.1, -0.05) is 0 Å². The summed E-state index contributed by atoms with van der Waals surface area (Å²) in [4.78, 5) is 11.8. The lowest BCUT2D eigenvalue weighted by atomic mass is 10.1. The second-order valence-corrected chi connectivity index (χ2v) is 5.67. The van der Waals surface area contributed by atoms with Crippen molar-refractivity contribution >= 4 is 28.1 Å². The highest BCUT2D eigenvalue weighted by atomic mass is 32.2. The molecule has 17 heavy (non-hydrogen) atoms. The molecule has 0 fully saturated rings. The average Bonchev–Trinajstić information content (AvgIpc) is 2.25. The number of nitrogens with two attached hydrogens (primary N) is 2. The average molecular weight is 255 g/mol. The SMILES string of the molecule is CC(CNC(=O)c1ccc(N)cc1N)S(C)=O. The highest BCUT2D eigenvalue weighted by Gasteiger charge is 2.12. The van der Waals surface area contributed by atoms with Gasteiger partial charge in [-0.15, -0.1) is 0 Å². The molecule has 0 radical (unpaired) electrons. The molecule has 0 spiro atoms. The number of carbonyl (C=O) groups excluding carboxylic acids is 1. The first-order chi connectivity index (χ1) is 7.91. The first kappa shape index (κ1) is 13.5. The van der Waals surface area contributed by atoms with E-state index in [2.05, 4.69) is 5.32 Å². The lowest BCUT2D eigenvalue weighted by Crippen LogP contribution is -2.32. The zero-order chi connectivity index (χ0) is 13.0. The predicted octanol–water partition coefficient (Wildman–Crippen LogP) is 0.348. The Morgan fingerprint density at radius 1 is 1.47 bits per heavy atom. The minimum Gasteiger partial charge on any atom is -0.399 e. The van der Waals surface area contributed by atoms with Gasteiger partial charge in [-0.05, 0) is 25.1 Å². The Labute approximate surface area is 103 Å². The Hall–Kier alpha value is -1.56. The summed E-state index contributed by atoms with van der Waals surface area (Å²) in [6.07, 6.45) is 1.61. The third kappa shape index (κ3) is 3.74. The highest BCUT2D eigenvalue weighted by molar-refractivity contribution is 7.84. The lowest BCUT2D eigenvalue weighted by molar-refractivity contribution is 0.0955. The molecule has 5 nitrogen and oxygen atoms in total. The molecule has 0 aliphatic carbocycles. The second kappa shape index (κ2) is 5.67. The molecular formula is C11H17N3O2S. The summed E-state index contributed by atoms with van der Waals surface area (Å²) in [6.45, 7) is 2.16. The quantitative estimate of drug-likeness (QED) is 0.676. The van der Waals surface area contributed by atoms with Crippen LogP contribution in [0.4, 0.5) is 11.4 Å². The smallest absolute Gasteiger partial charge is 0.253 e. The molecular weight excluding hydrogens is 238 g/mol. The van der Waals surface area contributed by atoms with E-state index in [0.29, 0.717) is 23.5 Å². The number of amides is 1. The van der Waals surface area contributed by atoms with Crippen LogP contribution in [0.2, 0.25) is 0 Å². The van der Waals surface area contributed by atoms with Gasteiger partial charge in [0, 0.05) is 40.2 Å². The first-order valence-corrected chi connectivity index (χ1v) is 6.79. The minimum atomic E-state index is -0.958. The summed E-state index contributed by atoms with van der Waals surface area (Å²) in [7, 11) is -0.958. The molecule has 0 heterocycles. The maximum atomic E-state index is 11.8. The molecule has 6 heteroatoms. The van der Waals surface area contributed by atoms with Gasteiger partial charge < -0.3 is 16.8 Å². The molecule has 0 aliphatic heterocycles. The molecule has 2 unspecified atom stereocenters. The number of hydrogen-bond donors (Lipinski definition) is 3. The van der Waals surface area contributed by atoms with Gasteiger partial charge in [0.25, 0.3) is 5.91 Å². The number of carbonyl (C=O) groups is 1. The first-order valence-electron chi connectivity index (χ1n) is 5.17. The summed E-state index contributed by atoms with van der Waals surface area (Å²) in [6, 6.07) is 4.73. The Bertz CT molecular complexity index is 448. The summed E-state index contributed by atoms with van der Waals surface area (Å²) in [5.41, 5.74) is 12.5. The lowest BCUT2D eigenvalue weighted by Gasteiger charge is -2.11. The monoisotopic (exact) mass is 255 g/mol. The summed E-state index contributed by atoms with van der Waals surface area (Å²) >= 11 is 0. The summed E-state index contributed by atoms with van der Waals surface area (Å²) < 4.78 is 11.1. The Balaban J connectivity index is 2.67. The van der Waals surface area contributed by atoms with Crippen molar-refractivity contribution in [3.63, 3.8) is 0 Å². The normalized spacial score (nSPS) is 14.0. The van der Waals surface area contributed by atoms with E-state index in [4.69, 9.17) is 11.5 Å². The van der Waals surface area contributed by atoms with E-state index < -0.39 is 10.8 Å². The van der Waals surface area contributed by atoms with Gasteiger partial charge in [-0.2, -0.15) is 0 Å². The molecule has 1 aromatic carbocycles. The van der Waals surface area contributed by atoms with Crippen LogP contribution in [0.5, 0.6) is 0 Å². The van der Waals surface area contributed by atoms with E-state index in [1.165, 1.54) is 6.07 Å². The van der Waals surface area contributed by atoms with Gasteiger partial charge in [0.2, 0.25) is 0 Å². The fourth-order valence-electron chi connectivity index (χ4n) is 1.24. The Kier molecular flexibility index (Phi) is 4.51. The van der Waals surface area contributed by atoms with E-state index in [9.17, 15) is 9.00 Å². The van der Waals surface area contributed by atoms with Gasteiger partial charge >= 0.3 is 0 Å². The van der Waals surface area contributed by atoms with Gasteiger partial charge in [0.1, 0.15) is 0 Å². The van der Waals surface area contributed by atoms with Crippen molar-refractivity contribution in [2.75, 3.05) is 24.3 Å². The molecule has 0 aromatic heterocycles. The molecule has 1 amide bonds. The molecule has 0 saturated heterocycles. The molecule has 0 aliphatic rings. The van der Waals surface area contributed by atoms with Gasteiger partial charge in [0.05, 0.1) is 5.56 Å². The molecule has 0 bridgehead atoms. The molecule has 1 rings (SSSR count). The van der Waals surface area contributed by atoms with Gasteiger partial charge in [-0.25, -0.2) is 0 Å². The van der Waals surface area contributed by atoms with Crippen molar-refractivity contribution in [2.45, 2.75) is 12.2 Å². The van der Waals surface area contributed by atoms with Crippen LogP contribution >= 0.6 is 0 Å². The Morgan fingerprint density at radius 3 is 2.65 bits per heavy atom. The van der Waals surface area contributed by atoms with Crippen molar-refractivity contribution in [3.8, 4) is 0 Å². The van der Waals surface area contributed by atoms with Crippen LogP contribution < -0.4 is 16.8 Å². The van der Waals surface area contributed by atoms with Crippen molar-refractivity contribution in [3.05, 3.63) is 23.8 Å². The van der Waals surface area contributed by atoms with E-state index >= 15 is 0 Å². The van der Waals surface area contributed by atoms with E-state index in [1.54, 1.807) is 18.4 Å². The third-order valence-electron chi connectivity index (χ3n) is 2.44. The van der Waals surface area contributed by atoms with E-state index in [1.807, 2.05) is 6.92 Å². The fourth-order valence-corrected chi connectivity index (χ4v) is 1.56. The van der Waals surface area contributed by atoms with E-state index in [-0.39, 0.29) is 11.2 Å². The van der Waals surface area contributed by atoms with Crippen LogP contribution in [0.3, 0.4) is 0 Å². The number of nitrogens with one attached hydrogen (secondary N) is 1. The predicted molar refractivity (Wildman–Crippen MR) is 71.1 cm³/mol. The van der Waals surface area contributed by atoms with Crippen molar-refractivity contribution < 1.29 is 9.00 Å². The third-order valence-corrected chi connectivity index (χ3v) is 3.74. The zero-order valence-electron chi connectivity index (χ0n) is 9.90. The molecule has 0 saturated carbocycles. The van der Waals surface area contributed by atoms with Crippen LogP contribution in [-0.4, -0.2) is 28.2 Å². The standard InChI is InChI=1S/C11H17N3O2S/c1-7(17(2)16)6-14-11(15)9-4-3-8(12)5-10(9)13/h3-5,7H,6,12-13H2,1-2H3,(H,14,15). The van der Waals surface area contributed by atoms with Gasteiger partial charge in [-0.3, -0.25) is 9.00 Å². The second-order valence-electron chi connectivity index (χ2n) is 3.87. The van der Waals surface area contributed by atoms with Crippen LogP contribution in [0, 0.1) is 0 Å². The van der Waals surface area contributed by atoms with Crippen LogP contribution in [0.15, 0.2) is 18.2 Å². The topological polar surface area (TPSA) is 98.2 Å². The van der Waals surface area contributed by atoms with Crippen molar-refractivity contribution in [1.29, 1.82) is 0 Å². The minimum absolute atomic E-state index is 0.0889. The number of anilines is 2. The largest absolute Gasteiger partial charge is 0.399 e. The molecule has 2 atom stereocenters. The van der Waals surface area contributed by atoms with Crippen LogP contribution in [-0.2, 0) is 10.8 Å². The molecule has 94 valence electrons. The molecule has 1 aromatic rings. The van der Waals surface area contributed by atoms with Crippen LogP contribution in [0.1, 0.15) is 17.3 Å². The summed E-state index contributed by atoms with van der Waals surface area (Å²) in [5, 5.41) is 2.60. The molecule has 5 N–H and O–H groups in total. The van der Waals surface area contributed by atoms with Crippen molar-refractivity contribution in [1.82, 2.24) is 5.32 Å². The number of rotatable bonds is 4. The zero-order valence-corrected chi connectivity index (χ0v) is 10.7. The number of hydrogen-bond acceptors (Lipinski definition) is 4. The summed E-state index contributed by atoms with van der Waals surface area (Å²) in [5.74, 6) is -0.278.